The minimum atomic E-state index is -0.758. The predicted molar refractivity (Wildman–Crippen MR) is 65.6 cm³/mol. The van der Waals surface area contributed by atoms with Gasteiger partial charge in [0.25, 0.3) is 0 Å². The van der Waals surface area contributed by atoms with E-state index in [1.165, 1.54) is 0 Å². The van der Waals surface area contributed by atoms with Crippen molar-refractivity contribution in [2.45, 2.75) is 32.6 Å². The smallest absolute Gasteiger partial charge is 0.310 e. The Hall–Kier alpha value is -1.57. The Kier molecular flexibility index (Phi) is 4.29. The van der Waals surface area contributed by atoms with Crippen molar-refractivity contribution in [2.75, 3.05) is 0 Å². The van der Waals surface area contributed by atoms with Crippen LogP contribution in [0, 0.1) is 6.92 Å². The van der Waals surface area contributed by atoms with Gasteiger partial charge in [0.05, 0.1) is 5.92 Å². The summed E-state index contributed by atoms with van der Waals surface area (Å²) in [5.74, 6) is -1.18. The SMILES string of the molecule is C=C(C)CCC(C(=O)O)c1cccc(C)c1. The van der Waals surface area contributed by atoms with Crippen LogP contribution in [0.15, 0.2) is 36.4 Å². The molecule has 0 saturated carbocycles. The maximum absolute atomic E-state index is 11.2. The Morgan fingerprint density at radius 2 is 2.19 bits per heavy atom. The quantitative estimate of drug-likeness (QED) is 0.768. The highest BCUT2D eigenvalue weighted by Gasteiger charge is 2.19. The van der Waals surface area contributed by atoms with E-state index >= 15 is 0 Å². The van der Waals surface area contributed by atoms with E-state index in [4.69, 9.17) is 0 Å². The molecular weight excluding hydrogens is 200 g/mol. The zero-order valence-corrected chi connectivity index (χ0v) is 9.86. The third kappa shape index (κ3) is 3.54. The van der Waals surface area contributed by atoms with Crippen LogP contribution in [0.5, 0.6) is 0 Å². The topological polar surface area (TPSA) is 37.3 Å². The molecule has 0 bridgehead atoms. The number of aliphatic carboxylic acids is 1. The van der Waals surface area contributed by atoms with Gasteiger partial charge in [-0.25, -0.2) is 0 Å². The fourth-order valence-corrected chi connectivity index (χ4v) is 1.71. The van der Waals surface area contributed by atoms with Gasteiger partial charge in [-0.2, -0.15) is 0 Å². The maximum atomic E-state index is 11.2. The molecule has 0 fully saturated rings. The lowest BCUT2D eigenvalue weighted by Gasteiger charge is -2.13. The molecule has 86 valence electrons. The molecule has 0 saturated heterocycles. The molecule has 1 aromatic rings. The molecule has 0 aliphatic carbocycles. The van der Waals surface area contributed by atoms with Gasteiger partial charge < -0.3 is 5.11 Å². The Balaban J connectivity index is 2.85. The lowest BCUT2D eigenvalue weighted by molar-refractivity contribution is -0.138. The molecule has 1 N–H and O–H groups in total. The molecule has 1 rings (SSSR count). The van der Waals surface area contributed by atoms with E-state index < -0.39 is 11.9 Å². The minimum Gasteiger partial charge on any atom is -0.481 e. The van der Waals surface area contributed by atoms with Crippen molar-refractivity contribution in [1.82, 2.24) is 0 Å². The molecule has 0 heterocycles. The van der Waals surface area contributed by atoms with Crippen molar-refractivity contribution in [3.05, 3.63) is 47.5 Å². The van der Waals surface area contributed by atoms with Gasteiger partial charge in [0.2, 0.25) is 0 Å². The monoisotopic (exact) mass is 218 g/mol. The van der Waals surface area contributed by atoms with Crippen molar-refractivity contribution < 1.29 is 9.90 Å². The van der Waals surface area contributed by atoms with E-state index in [-0.39, 0.29) is 0 Å². The average molecular weight is 218 g/mol. The number of rotatable bonds is 5. The highest BCUT2D eigenvalue weighted by atomic mass is 16.4. The number of allylic oxidation sites excluding steroid dienone is 1. The summed E-state index contributed by atoms with van der Waals surface area (Å²) >= 11 is 0. The number of hydrogen-bond donors (Lipinski definition) is 1. The molecule has 2 heteroatoms. The largest absolute Gasteiger partial charge is 0.481 e. The van der Waals surface area contributed by atoms with Crippen LogP contribution < -0.4 is 0 Å². The third-order valence-electron chi connectivity index (χ3n) is 2.60. The molecule has 1 unspecified atom stereocenters. The Morgan fingerprint density at radius 3 is 2.69 bits per heavy atom. The Bertz CT molecular complexity index is 393. The molecule has 16 heavy (non-hydrogen) atoms. The van der Waals surface area contributed by atoms with Crippen molar-refractivity contribution >= 4 is 5.97 Å². The summed E-state index contributed by atoms with van der Waals surface area (Å²) in [4.78, 5) is 11.2. The normalized spacial score (nSPS) is 12.1. The standard InChI is InChI=1S/C14H18O2/c1-10(2)7-8-13(14(15)16)12-6-4-5-11(3)9-12/h4-6,9,13H,1,7-8H2,2-3H3,(H,15,16). The van der Waals surface area contributed by atoms with Crippen LogP contribution in [0.4, 0.5) is 0 Å². The number of aryl methyl sites for hydroxylation is 1. The molecule has 2 nitrogen and oxygen atoms in total. The van der Waals surface area contributed by atoms with Crippen LogP contribution >= 0.6 is 0 Å². The van der Waals surface area contributed by atoms with Gasteiger partial charge in [0, 0.05) is 0 Å². The van der Waals surface area contributed by atoms with E-state index in [9.17, 15) is 9.90 Å². The number of carboxylic acid groups (broad SMARTS) is 1. The van der Waals surface area contributed by atoms with Crippen molar-refractivity contribution in [3.63, 3.8) is 0 Å². The fourth-order valence-electron chi connectivity index (χ4n) is 1.71. The minimum absolute atomic E-state index is 0.420. The van der Waals surface area contributed by atoms with Gasteiger partial charge in [0.1, 0.15) is 0 Å². The number of hydrogen-bond acceptors (Lipinski definition) is 1. The summed E-state index contributed by atoms with van der Waals surface area (Å²) in [5.41, 5.74) is 3.01. The summed E-state index contributed by atoms with van der Waals surface area (Å²) in [6.45, 7) is 7.70. The summed E-state index contributed by atoms with van der Waals surface area (Å²) in [5, 5.41) is 9.20. The van der Waals surface area contributed by atoms with E-state index in [2.05, 4.69) is 6.58 Å². The second-order valence-corrected chi connectivity index (χ2v) is 4.30. The van der Waals surface area contributed by atoms with Gasteiger partial charge in [-0.1, -0.05) is 35.4 Å². The van der Waals surface area contributed by atoms with Crippen LogP contribution in [0.2, 0.25) is 0 Å². The second-order valence-electron chi connectivity index (χ2n) is 4.30. The van der Waals surface area contributed by atoms with Crippen LogP contribution in [0.3, 0.4) is 0 Å². The molecule has 1 atom stereocenters. The molecule has 0 aromatic heterocycles. The number of benzene rings is 1. The fraction of sp³-hybridized carbons (Fsp3) is 0.357. The van der Waals surface area contributed by atoms with Gasteiger partial charge in [0.15, 0.2) is 0 Å². The highest BCUT2D eigenvalue weighted by Crippen LogP contribution is 2.24. The van der Waals surface area contributed by atoms with Crippen LogP contribution in [0.1, 0.15) is 36.8 Å². The first-order valence-electron chi connectivity index (χ1n) is 5.44. The summed E-state index contributed by atoms with van der Waals surface area (Å²) in [6, 6.07) is 7.70. The second kappa shape index (κ2) is 5.50. The van der Waals surface area contributed by atoms with E-state index in [1.807, 2.05) is 38.1 Å². The summed E-state index contributed by atoms with van der Waals surface area (Å²) < 4.78 is 0. The van der Waals surface area contributed by atoms with E-state index in [1.54, 1.807) is 0 Å². The maximum Gasteiger partial charge on any atom is 0.310 e. The number of carboxylic acids is 1. The van der Waals surface area contributed by atoms with Crippen LogP contribution in [-0.4, -0.2) is 11.1 Å². The summed E-state index contributed by atoms with van der Waals surface area (Å²) in [7, 11) is 0. The van der Waals surface area contributed by atoms with Gasteiger partial charge >= 0.3 is 5.97 Å². The molecule has 0 spiro atoms. The number of carbonyl (C=O) groups is 1. The molecule has 0 amide bonds. The molecule has 1 aromatic carbocycles. The zero-order valence-electron chi connectivity index (χ0n) is 9.86. The van der Waals surface area contributed by atoms with Crippen molar-refractivity contribution in [2.24, 2.45) is 0 Å². The van der Waals surface area contributed by atoms with Crippen LogP contribution in [0.25, 0.3) is 0 Å². The van der Waals surface area contributed by atoms with Crippen LogP contribution in [-0.2, 0) is 4.79 Å². The Morgan fingerprint density at radius 1 is 1.50 bits per heavy atom. The first-order valence-corrected chi connectivity index (χ1v) is 5.44. The predicted octanol–water partition coefficient (Wildman–Crippen LogP) is 3.52. The molecular formula is C14H18O2. The molecule has 0 radical (unpaired) electrons. The van der Waals surface area contributed by atoms with Crippen molar-refractivity contribution in [1.29, 1.82) is 0 Å². The molecule has 0 aliphatic rings. The van der Waals surface area contributed by atoms with Gasteiger partial charge in [-0.3, -0.25) is 4.79 Å². The summed E-state index contributed by atoms with van der Waals surface area (Å²) in [6.07, 6.45) is 1.37. The average Bonchev–Trinajstić information content (AvgIpc) is 2.17. The molecule has 0 aliphatic heterocycles. The van der Waals surface area contributed by atoms with E-state index in [0.717, 1.165) is 23.1 Å². The Labute approximate surface area is 96.6 Å². The van der Waals surface area contributed by atoms with Gasteiger partial charge in [-0.05, 0) is 32.3 Å². The highest BCUT2D eigenvalue weighted by molar-refractivity contribution is 5.76. The van der Waals surface area contributed by atoms with Gasteiger partial charge in [-0.15, -0.1) is 6.58 Å². The van der Waals surface area contributed by atoms with Crippen molar-refractivity contribution in [3.8, 4) is 0 Å². The lowest BCUT2D eigenvalue weighted by Crippen LogP contribution is -2.11. The lowest BCUT2D eigenvalue weighted by atomic mass is 9.92. The van der Waals surface area contributed by atoms with E-state index in [0.29, 0.717) is 6.42 Å². The third-order valence-corrected chi connectivity index (χ3v) is 2.60. The first-order chi connectivity index (χ1) is 7.50. The zero-order chi connectivity index (χ0) is 12.1. The first kappa shape index (κ1) is 12.5.